The van der Waals surface area contributed by atoms with Crippen LogP contribution in [0.2, 0.25) is 0 Å². The number of carboxylic acids is 1. The Morgan fingerprint density at radius 1 is 0.776 bits per heavy atom. The molecule has 0 radical (unpaired) electrons. The van der Waals surface area contributed by atoms with Crippen LogP contribution in [0.5, 0.6) is 5.75 Å². The van der Waals surface area contributed by atoms with E-state index >= 15 is 0 Å². The molecule has 0 saturated carbocycles. The molecule has 5 aromatic carbocycles. The van der Waals surface area contributed by atoms with Gasteiger partial charge in [0.15, 0.2) is 0 Å². The monoisotopic (exact) mass is 649 g/mol. The summed E-state index contributed by atoms with van der Waals surface area (Å²) in [6.45, 7) is 0.0827. The van der Waals surface area contributed by atoms with Crippen LogP contribution in [0, 0.1) is 0 Å². The number of aromatic nitrogens is 2. The summed E-state index contributed by atoms with van der Waals surface area (Å²) in [6, 6.07) is 42.9. The Labute approximate surface area is 284 Å². The number of ether oxygens (including phenoxy) is 2. The second kappa shape index (κ2) is 13.5. The number of hydrogen-bond donors (Lipinski definition) is 2. The van der Waals surface area contributed by atoms with E-state index in [0.29, 0.717) is 5.69 Å². The molecule has 1 aliphatic carbocycles. The minimum atomic E-state index is -1.26. The molecule has 7 rings (SSSR count). The molecule has 0 spiro atoms. The number of nitrogens with zero attached hydrogens (tertiary/aromatic N) is 2. The molecule has 6 aromatic rings. The van der Waals surface area contributed by atoms with E-state index in [1.165, 1.54) is 0 Å². The molecular weight excluding hydrogens is 614 g/mol. The van der Waals surface area contributed by atoms with Crippen molar-refractivity contribution >= 4 is 12.1 Å². The number of aliphatic carboxylic acids is 1. The van der Waals surface area contributed by atoms with Crippen molar-refractivity contribution in [2.45, 2.75) is 23.9 Å². The van der Waals surface area contributed by atoms with E-state index in [2.05, 4.69) is 46.7 Å². The lowest BCUT2D eigenvalue weighted by Gasteiger charge is -2.37. The summed E-state index contributed by atoms with van der Waals surface area (Å²) in [5.41, 5.74) is 6.97. The van der Waals surface area contributed by atoms with E-state index in [4.69, 9.17) is 9.47 Å². The van der Waals surface area contributed by atoms with Crippen LogP contribution in [0.4, 0.5) is 4.79 Å². The summed E-state index contributed by atoms with van der Waals surface area (Å²) >= 11 is 0. The lowest BCUT2D eigenvalue weighted by molar-refractivity contribution is -0.139. The number of fused-ring (bicyclic) bond motifs is 3. The van der Waals surface area contributed by atoms with E-state index in [-0.39, 0.29) is 18.9 Å². The maximum atomic E-state index is 13.1. The third-order valence-corrected chi connectivity index (χ3v) is 9.26. The predicted molar refractivity (Wildman–Crippen MR) is 187 cm³/mol. The number of carbonyl (C=O) groups is 2. The standard InChI is InChI=1S/C41H35N3O5/c1-48-32-22-20-30(21-23-32)41(28-12-4-2-5-13-28,29-14-6-3-7-15-29)44-25-31(42-27-44)24-38(39(45)46)43-40(47)49-26-37-35-18-10-8-16-33(35)34-17-9-11-19-36(34)37/h2-23,25,27,37-38H,24,26H2,1H3,(H,43,47)(H,45,46). The number of amides is 1. The summed E-state index contributed by atoms with van der Waals surface area (Å²) in [5.74, 6) is -0.594. The Hall–Kier alpha value is -6.15. The molecule has 1 aliphatic rings. The van der Waals surface area contributed by atoms with Crippen molar-refractivity contribution in [2.75, 3.05) is 13.7 Å². The first-order valence-electron chi connectivity index (χ1n) is 16.1. The van der Waals surface area contributed by atoms with Crippen LogP contribution in [-0.4, -0.2) is 46.5 Å². The van der Waals surface area contributed by atoms with Gasteiger partial charge in [0, 0.05) is 18.5 Å². The van der Waals surface area contributed by atoms with E-state index in [0.717, 1.165) is 44.7 Å². The van der Waals surface area contributed by atoms with Gasteiger partial charge in [-0.05, 0) is 51.1 Å². The fourth-order valence-electron chi connectivity index (χ4n) is 6.98. The van der Waals surface area contributed by atoms with Gasteiger partial charge in [-0.1, -0.05) is 121 Å². The minimum Gasteiger partial charge on any atom is -0.497 e. The van der Waals surface area contributed by atoms with Crippen LogP contribution in [-0.2, 0) is 21.5 Å². The quantitative estimate of drug-likeness (QED) is 0.143. The van der Waals surface area contributed by atoms with Crippen molar-refractivity contribution in [3.05, 3.63) is 179 Å². The Morgan fingerprint density at radius 3 is 1.86 bits per heavy atom. The number of methoxy groups -OCH3 is 1. The summed E-state index contributed by atoms with van der Waals surface area (Å²) in [6.07, 6.45) is 2.72. The average molecular weight is 650 g/mol. The van der Waals surface area contributed by atoms with Crippen LogP contribution in [0.3, 0.4) is 0 Å². The fourth-order valence-corrected chi connectivity index (χ4v) is 6.98. The van der Waals surface area contributed by atoms with Crippen LogP contribution in [0.1, 0.15) is 39.4 Å². The second-order valence-corrected chi connectivity index (χ2v) is 12.0. The number of carbonyl (C=O) groups excluding carboxylic acids is 1. The van der Waals surface area contributed by atoms with Crippen LogP contribution in [0.25, 0.3) is 11.1 Å². The molecule has 1 unspecified atom stereocenters. The van der Waals surface area contributed by atoms with E-state index in [1.54, 1.807) is 13.4 Å². The summed E-state index contributed by atoms with van der Waals surface area (Å²) < 4.78 is 13.1. The molecule has 1 aromatic heterocycles. The minimum absolute atomic E-state index is 0.0468. The molecule has 8 heteroatoms. The molecule has 0 bridgehead atoms. The third-order valence-electron chi connectivity index (χ3n) is 9.26. The lowest BCUT2D eigenvalue weighted by atomic mass is 9.76. The van der Waals surface area contributed by atoms with Crippen molar-refractivity contribution in [1.82, 2.24) is 14.9 Å². The fraction of sp³-hybridized carbons (Fsp3) is 0.146. The molecule has 0 saturated heterocycles. The molecule has 49 heavy (non-hydrogen) atoms. The van der Waals surface area contributed by atoms with E-state index in [1.807, 2.05) is 108 Å². The molecule has 0 fully saturated rings. The molecule has 1 amide bonds. The third kappa shape index (κ3) is 5.93. The number of imidazole rings is 1. The second-order valence-electron chi connectivity index (χ2n) is 12.0. The molecule has 1 heterocycles. The Bertz CT molecular complexity index is 1990. The van der Waals surface area contributed by atoms with E-state index < -0.39 is 23.6 Å². The normalized spacial score (nSPS) is 12.8. The largest absolute Gasteiger partial charge is 0.497 e. The molecule has 244 valence electrons. The lowest BCUT2D eigenvalue weighted by Crippen LogP contribution is -2.43. The number of hydrogen-bond acceptors (Lipinski definition) is 5. The number of alkyl carbamates (subject to hydrolysis) is 1. The van der Waals surface area contributed by atoms with Gasteiger partial charge in [-0.3, -0.25) is 0 Å². The Balaban J connectivity index is 1.15. The molecular formula is C41H35N3O5. The maximum absolute atomic E-state index is 13.1. The average Bonchev–Trinajstić information content (AvgIpc) is 3.74. The van der Waals surface area contributed by atoms with Crippen LogP contribution < -0.4 is 10.1 Å². The smallest absolute Gasteiger partial charge is 0.407 e. The molecule has 2 N–H and O–H groups in total. The highest BCUT2D eigenvalue weighted by atomic mass is 16.5. The number of benzene rings is 5. The summed E-state index contributed by atoms with van der Waals surface area (Å²) in [4.78, 5) is 30.2. The Morgan fingerprint density at radius 2 is 1.31 bits per heavy atom. The Kier molecular flexibility index (Phi) is 8.68. The van der Waals surface area contributed by atoms with Crippen molar-refractivity contribution in [2.24, 2.45) is 0 Å². The predicted octanol–water partition coefficient (Wildman–Crippen LogP) is 7.27. The van der Waals surface area contributed by atoms with Crippen molar-refractivity contribution in [1.29, 1.82) is 0 Å². The number of rotatable bonds is 11. The van der Waals surface area contributed by atoms with Gasteiger partial charge in [-0.2, -0.15) is 0 Å². The van der Waals surface area contributed by atoms with Gasteiger partial charge in [0.25, 0.3) is 0 Å². The van der Waals surface area contributed by atoms with Gasteiger partial charge in [-0.15, -0.1) is 0 Å². The zero-order valence-corrected chi connectivity index (χ0v) is 26.9. The number of nitrogens with one attached hydrogen (secondary N) is 1. The zero-order chi connectivity index (χ0) is 33.8. The van der Waals surface area contributed by atoms with Crippen LogP contribution >= 0.6 is 0 Å². The van der Waals surface area contributed by atoms with Crippen molar-refractivity contribution in [3.8, 4) is 16.9 Å². The van der Waals surface area contributed by atoms with Gasteiger partial charge < -0.3 is 24.5 Å². The SMILES string of the molecule is COc1ccc(C(c2ccccc2)(c2ccccc2)n2cnc(CC(NC(=O)OCC3c4ccccc4-c4ccccc43)C(=O)O)c2)cc1. The van der Waals surface area contributed by atoms with Gasteiger partial charge in [0.05, 0.1) is 19.1 Å². The number of carboxylic acid groups (broad SMARTS) is 1. The van der Waals surface area contributed by atoms with Gasteiger partial charge in [0.2, 0.25) is 0 Å². The first kappa shape index (κ1) is 31.4. The van der Waals surface area contributed by atoms with Crippen molar-refractivity contribution in [3.63, 3.8) is 0 Å². The van der Waals surface area contributed by atoms with Gasteiger partial charge in [-0.25, -0.2) is 14.6 Å². The molecule has 8 nitrogen and oxygen atoms in total. The summed E-state index contributed by atoms with van der Waals surface area (Å²) in [7, 11) is 1.63. The van der Waals surface area contributed by atoms with Gasteiger partial charge >= 0.3 is 12.1 Å². The highest BCUT2D eigenvalue weighted by Gasteiger charge is 2.39. The maximum Gasteiger partial charge on any atom is 0.407 e. The van der Waals surface area contributed by atoms with Crippen LogP contribution in [0.15, 0.2) is 146 Å². The van der Waals surface area contributed by atoms with E-state index in [9.17, 15) is 14.7 Å². The molecule has 0 aliphatic heterocycles. The molecule has 1 atom stereocenters. The van der Waals surface area contributed by atoms with Gasteiger partial charge in [0.1, 0.15) is 23.9 Å². The first-order chi connectivity index (χ1) is 24.0. The van der Waals surface area contributed by atoms with Crippen molar-refractivity contribution < 1.29 is 24.2 Å². The summed E-state index contributed by atoms with van der Waals surface area (Å²) in [5, 5.41) is 12.7. The highest BCUT2D eigenvalue weighted by molar-refractivity contribution is 5.81. The highest BCUT2D eigenvalue weighted by Crippen LogP contribution is 2.45. The zero-order valence-electron chi connectivity index (χ0n) is 26.9. The first-order valence-corrected chi connectivity index (χ1v) is 16.1. The topological polar surface area (TPSA) is 103 Å².